The molecule has 112 valence electrons. The maximum absolute atomic E-state index is 12.8. The monoisotopic (exact) mass is 296 g/mol. The summed E-state index contributed by atoms with van der Waals surface area (Å²) in [4.78, 5) is 16.6. The van der Waals surface area contributed by atoms with Gasteiger partial charge in [-0.3, -0.25) is 9.36 Å². The van der Waals surface area contributed by atoms with E-state index >= 15 is 0 Å². The lowest BCUT2D eigenvalue weighted by atomic mass is 9.95. The Balaban J connectivity index is 2.12. The Labute approximate surface area is 119 Å². The third-order valence-corrected chi connectivity index (χ3v) is 4.08. The average Bonchev–Trinajstić information content (AvgIpc) is 2.47. The van der Waals surface area contributed by atoms with Crippen molar-refractivity contribution in [3.63, 3.8) is 0 Å². The van der Waals surface area contributed by atoms with Gasteiger partial charge in [-0.05, 0) is 31.0 Å². The van der Waals surface area contributed by atoms with Crippen molar-refractivity contribution in [2.75, 3.05) is 0 Å². The van der Waals surface area contributed by atoms with Crippen molar-refractivity contribution in [2.24, 2.45) is 0 Å². The first-order chi connectivity index (χ1) is 9.97. The van der Waals surface area contributed by atoms with Gasteiger partial charge in [0.2, 0.25) is 0 Å². The van der Waals surface area contributed by atoms with E-state index in [1.807, 2.05) is 0 Å². The minimum absolute atomic E-state index is 0.0397. The van der Waals surface area contributed by atoms with Gasteiger partial charge in [0, 0.05) is 6.04 Å². The number of aromatic nitrogens is 2. The lowest BCUT2D eigenvalue weighted by molar-refractivity contribution is -0.137. The van der Waals surface area contributed by atoms with E-state index in [4.69, 9.17) is 0 Å². The van der Waals surface area contributed by atoms with Crippen LogP contribution in [0.5, 0.6) is 0 Å². The molecule has 1 aromatic heterocycles. The quantitative estimate of drug-likeness (QED) is 0.799. The maximum Gasteiger partial charge on any atom is 0.416 e. The third-order valence-electron chi connectivity index (χ3n) is 4.08. The van der Waals surface area contributed by atoms with Crippen LogP contribution in [0.4, 0.5) is 13.2 Å². The highest BCUT2D eigenvalue weighted by Gasteiger charge is 2.31. The van der Waals surface area contributed by atoms with E-state index in [1.54, 1.807) is 0 Å². The largest absolute Gasteiger partial charge is 0.416 e. The van der Waals surface area contributed by atoms with E-state index < -0.39 is 11.7 Å². The van der Waals surface area contributed by atoms with Crippen LogP contribution in [0.3, 0.4) is 0 Å². The molecule has 0 unspecified atom stereocenters. The summed E-state index contributed by atoms with van der Waals surface area (Å²) in [6.45, 7) is 0. The van der Waals surface area contributed by atoms with E-state index in [0.717, 1.165) is 44.2 Å². The Hall–Kier alpha value is -1.85. The fourth-order valence-electron chi connectivity index (χ4n) is 2.93. The SMILES string of the molecule is O=c1c2cc(C(F)(F)F)ccc2ncn1C1CCCCC1. The van der Waals surface area contributed by atoms with Crippen LogP contribution in [-0.4, -0.2) is 9.55 Å². The molecule has 1 fully saturated rings. The molecule has 1 aromatic carbocycles. The summed E-state index contributed by atoms with van der Waals surface area (Å²) >= 11 is 0. The van der Waals surface area contributed by atoms with Gasteiger partial charge >= 0.3 is 6.18 Å². The number of fused-ring (bicyclic) bond motifs is 1. The lowest BCUT2D eigenvalue weighted by Crippen LogP contribution is -2.26. The minimum atomic E-state index is -4.45. The molecule has 0 aliphatic heterocycles. The van der Waals surface area contributed by atoms with Crippen LogP contribution in [0, 0.1) is 0 Å². The van der Waals surface area contributed by atoms with Crippen molar-refractivity contribution in [2.45, 2.75) is 44.3 Å². The van der Waals surface area contributed by atoms with Crippen LogP contribution in [0.15, 0.2) is 29.3 Å². The predicted octanol–water partition coefficient (Wildman–Crippen LogP) is 3.92. The van der Waals surface area contributed by atoms with E-state index in [-0.39, 0.29) is 17.0 Å². The summed E-state index contributed by atoms with van der Waals surface area (Å²) in [6.07, 6.45) is 2.00. The van der Waals surface area contributed by atoms with Gasteiger partial charge in [0.05, 0.1) is 22.8 Å². The molecule has 0 radical (unpaired) electrons. The maximum atomic E-state index is 12.8. The van der Waals surface area contributed by atoms with Gasteiger partial charge in [-0.15, -0.1) is 0 Å². The molecule has 3 rings (SSSR count). The number of alkyl halides is 3. The second-order valence-electron chi connectivity index (χ2n) is 5.48. The minimum Gasteiger partial charge on any atom is -0.296 e. The molecule has 1 heterocycles. The molecule has 2 aromatic rings. The van der Waals surface area contributed by atoms with Crippen LogP contribution in [-0.2, 0) is 6.18 Å². The predicted molar refractivity (Wildman–Crippen MR) is 73.1 cm³/mol. The Bertz CT molecular complexity index is 715. The summed E-state index contributed by atoms with van der Waals surface area (Å²) in [7, 11) is 0. The van der Waals surface area contributed by atoms with E-state index in [0.29, 0.717) is 5.52 Å². The Kier molecular flexibility index (Phi) is 3.47. The van der Waals surface area contributed by atoms with Gasteiger partial charge in [-0.1, -0.05) is 19.3 Å². The molecule has 0 bridgehead atoms. The molecular weight excluding hydrogens is 281 g/mol. The van der Waals surface area contributed by atoms with Gasteiger partial charge in [-0.2, -0.15) is 13.2 Å². The van der Waals surface area contributed by atoms with Gasteiger partial charge in [0.1, 0.15) is 0 Å². The molecule has 21 heavy (non-hydrogen) atoms. The summed E-state index contributed by atoms with van der Waals surface area (Å²) in [5, 5.41) is 0.0397. The molecule has 0 saturated heterocycles. The number of rotatable bonds is 1. The van der Waals surface area contributed by atoms with Crippen molar-refractivity contribution < 1.29 is 13.2 Å². The molecule has 1 aliphatic carbocycles. The van der Waals surface area contributed by atoms with Crippen LogP contribution < -0.4 is 5.56 Å². The highest BCUT2D eigenvalue weighted by molar-refractivity contribution is 5.78. The number of benzene rings is 1. The van der Waals surface area contributed by atoms with E-state index in [9.17, 15) is 18.0 Å². The zero-order valence-corrected chi connectivity index (χ0v) is 11.4. The molecule has 6 heteroatoms. The third kappa shape index (κ3) is 2.66. The number of halogens is 3. The second-order valence-corrected chi connectivity index (χ2v) is 5.48. The Morgan fingerprint density at radius 1 is 1.14 bits per heavy atom. The first kappa shape index (κ1) is 14.1. The van der Waals surface area contributed by atoms with E-state index in [2.05, 4.69) is 4.98 Å². The van der Waals surface area contributed by atoms with Gasteiger partial charge in [-0.25, -0.2) is 4.98 Å². The standard InChI is InChI=1S/C15H15F3N2O/c16-15(17,18)10-6-7-13-12(8-10)14(21)20(9-19-13)11-4-2-1-3-5-11/h6-9,11H,1-5H2. The number of nitrogens with zero attached hydrogens (tertiary/aromatic N) is 2. The lowest BCUT2D eigenvalue weighted by Gasteiger charge is -2.23. The molecular formula is C15H15F3N2O. The van der Waals surface area contributed by atoms with Crippen LogP contribution in [0.1, 0.15) is 43.7 Å². The first-order valence-corrected chi connectivity index (χ1v) is 7.05. The fourth-order valence-corrected chi connectivity index (χ4v) is 2.93. The van der Waals surface area contributed by atoms with Crippen molar-refractivity contribution in [3.8, 4) is 0 Å². The molecule has 3 nitrogen and oxygen atoms in total. The van der Waals surface area contributed by atoms with Crippen molar-refractivity contribution in [3.05, 3.63) is 40.4 Å². The molecule has 0 spiro atoms. The summed E-state index contributed by atoms with van der Waals surface area (Å²) in [5.74, 6) is 0. The van der Waals surface area contributed by atoms with Gasteiger partial charge in [0.15, 0.2) is 0 Å². The normalized spacial score (nSPS) is 17.3. The topological polar surface area (TPSA) is 34.9 Å². The van der Waals surface area contributed by atoms with Crippen molar-refractivity contribution in [1.82, 2.24) is 9.55 Å². The van der Waals surface area contributed by atoms with Crippen LogP contribution >= 0.6 is 0 Å². The highest BCUT2D eigenvalue weighted by Crippen LogP contribution is 2.31. The molecule has 0 atom stereocenters. The molecule has 1 saturated carbocycles. The number of hydrogen-bond donors (Lipinski definition) is 0. The van der Waals surface area contributed by atoms with Crippen LogP contribution in [0.25, 0.3) is 10.9 Å². The molecule has 0 amide bonds. The molecule has 0 N–H and O–H groups in total. The first-order valence-electron chi connectivity index (χ1n) is 7.05. The summed E-state index contributed by atoms with van der Waals surface area (Å²) in [6, 6.07) is 3.17. The Morgan fingerprint density at radius 2 is 1.86 bits per heavy atom. The van der Waals surface area contributed by atoms with Crippen molar-refractivity contribution in [1.29, 1.82) is 0 Å². The smallest absolute Gasteiger partial charge is 0.296 e. The fraction of sp³-hybridized carbons (Fsp3) is 0.467. The van der Waals surface area contributed by atoms with Gasteiger partial charge in [0.25, 0.3) is 5.56 Å². The summed E-state index contributed by atoms with van der Waals surface area (Å²) in [5.41, 5.74) is -0.881. The molecule has 1 aliphatic rings. The summed E-state index contributed by atoms with van der Waals surface area (Å²) < 4.78 is 39.8. The zero-order chi connectivity index (χ0) is 15.0. The zero-order valence-electron chi connectivity index (χ0n) is 11.4. The van der Waals surface area contributed by atoms with Crippen LogP contribution in [0.2, 0.25) is 0 Å². The average molecular weight is 296 g/mol. The second kappa shape index (κ2) is 5.16. The number of hydrogen-bond acceptors (Lipinski definition) is 2. The Morgan fingerprint density at radius 3 is 2.52 bits per heavy atom. The van der Waals surface area contributed by atoms with Crippen molar-refractivity contribution >= 4 is 10.9 Å². The highest BCUT2D eigenvalue weighted by atomic mass is 19.4. The van der Waals surface area contributed by atoms with E-state index in [1.165, 1.54) is 17.0 Å². The van der Waals surface area contributed by atoms with Gasteiger partial charge < -0.3 is 0 Å².